The summed E-state index contributed by atoms with van der Waals surface area (Å²) in [5.74, 6) is -0.559. The number of benzene rings is 1. The SMILES string of the molecule is COc1cc(NC2(C)CCCC2)c(F)cc1[N+](=O)[O-]. The second kappa shape index (κ2) is 5.03. The third-order valence-electron chi connectivity index (χ3n) is 3.61. The highest BCUT2D eigenvalue weighted by molar-refractivity contribution is 5.60. The number of rotatable bonds is 4. The summed E-state index contributed by atoms with van der Waals surface area (Å²) in [4.78, 5) is 10.1. The minimum atomic E-state index is -0.650. The Morgan fingerprint density at radius 1 is 1.42 bits per heavy atom. The third-order valence-corrected chi connectivity index (χ3v) is 3.61. The molecule has 19 heavy (non-hydrogen) atoms. The number of methoxy groups -OCH3 is 1. The van der Waals surface area contributed by atoms with E-state index < -0.39 is 10.7 Å². The largest absolute Gasteiger partial charge is 0.490 e. The highest BCUT2D eigenvalue weighted by atomic mass is 19.1. The molecule has 104 valence electrons. The van der Waals surface area contributed by atoms with E-state index in [0.717, 1.165) is 31.7 Å². The number of nitro benzene ring substituents is 1. The molecule has 1 aliphatic carbocycles. The molecule has 0 unspecified atom stereocenters. The maximum absolute atomic E-state index is 13.9. The Morgan fingerprint density at radius 2 is 2.05 bits per heavy atom. The molecular weight excluding hydrogens is 251 g/mol. The number of nitro groups is 1. The molecule has 5 nitrogen and oxygen atoms in total. The quantitative estimate of drug-likeness (QED) is 0.670. The molecule has 0 aliphatic heterocycles. The topological polar surface area (TPSA) is 64.4 Å². The Morgan fingerprint density at radius 3 is 2.58 bits per heavy atom. The highest BCUT2D eigenvalue weighted by Gasteiger charge is 2.30. The molecule has 6 heteroatoms. The van der Waals surface area contributed by atoms with Gasteiger partial charge in [-0.1, -0.05) is 12.8 Å². The van der Waals surface area contributed by atoms with Gasteiger partial charge in [0.15, 0.2) is 11.6 Å². The van der Waals surface area contributed by atoms with Crippen LogP contribution in [0.1, 0.15) is 32.6 Å². The number of hydrogen-bond acceptors (Lipinski definition) is 4. The van der Waals surface area contributed by atoms with Crippen molar-refractivity contribution in [2.45, 2.75) is 38.1 Å². The van der Waals surface area contributed by atoms with Gasteiger partial charge in [-0.15, -0.1) is 0 Å². The predicted molar refractivity (Wildman–Crippen MR) is 70.1 cm³/mol. The van der Waals surface area contributed by atoms with E-state index in [4.69, 9.17) is 4.74 Å². The molecule has 1 aromatic carbocycles. The van der Waals surface area contributed by atoms with Crippen molar-refractivity contribution >= 4 is 11.4 Å². The van der Waals surface area contributed by atoms with Crippen LogP contribution >= 0.6 is 0 Å². The Hall–Kier alpha value is -1.85. The van der Waals surface area contributed by atoms with Crippen molar-refractivity contribution in [3.8, 4) is 5.75 Å². The van der Waals surface area contributed by atoms with Crippen molar-refractivity contribution < 1.29 is 14.1 Å². The van der Waals surface area contributed by atoms with Crippen molar-refractivity contribution in [2.75, 3.05) is 12.4 Å². The average Bonchev–Trinajstić information content (AvgIpc) is 2.78. The summed E-state index contributed by atoms with van der Waals surface area (Å²) in [6.07, 6.45) is 4.14. The number of hydrogen-bond donors (Lipinski definition) is 1. The fraction of sp³-hybridized carbons (Fsp3) is 0.538. The summed E-state index contributed by atoms with van der Waals surface area (Å²) >= 11 is 0. The Labute approximate surface area is 110 Å². The molecule has 0 spiro atoms. The van der Waals surface area contributed by atoms with Crippen LogP contribution in [0.25, 0.3) is 0 Å². The smallest absolute Gasteiger partial charge is 0.313 e. The lowest BCUT2D eigenvalue weighted by molar-refractivity contribution is -0.385. The summed E-state index contributed by atoms with van der Waals surface area (Å²) < 4.78 is 18.9. The van der Waals surface area contributed by atoms with E-state index in [1.807, 2.05) is 6.92 Å². The molecule has 1 fully saturated rings. The molecule has 0 atom stereocenters. The van der Waals surface area contributed by atoms with E-state index in [2.05, 4.69) is 5.32 Å². The standard InChI is InChI=1S/C13H17FN2O3/c1-13(5-3-4-6-13)15-10-8-12(19-2)11(16(17)18)7-9(10)14/h7-8,15H,3-6H2,1-2H3. The first-order valence-corrected chi connectivity index (χ1v) is 6.25. The van der Waals surface area contributed by atoms with Gasteiger partial charge in [-0.2, -0.15) is 0 Å². The van der Waals surface area contributed by atoms with Gasteiger partial charge >= 0.3 is 5.69 Å². The number of ether oxygens (including phenoxy) is 1. The number of halogens is 1. The maximum Gasteiger partial charge on any atom is 0.313 e. The molecule has 0 radical (unpaired) electrons. The third kappa shape index (κ3) is 2.77. The van der Waals surface area contributed by atoms with Crippen molar-refractivity contribution in [3.63, 3.8) is 0 Å². The van der Waals surface area contributed by atoms with Crippen molar-refractivity contribution in [3.05, 3.63) is 28.1 Å². The maximum atomic E-state index is 13.9. The lowest BCUT2D eigenvalue weighted by atomic mass is 10.00. The second-order valence-corrected chi connectivity index (χ2v) is 5.15. The van der Waals surface area contributed by atoms with Crippen LogP contribution in [-0.4, -0.2) is 17.6 Å². The zero-order chi connectivity index (χ0) is 14.0. The predicted octanol–water partition coefficient (Wildman–Crippen LogP) is 3.49. The lowest BCUT2D eigenvalue weighted by Crippen LogP contribution is -2.31. The zero-order valence-corrected chi connectivity index (χ0v) is 11.0. The monoisotopic (exact) mass is 268 g/mol. The summed E-state index contributed by atoms with van der Waals surface area (Å²) in [6, 6.07) is 2.26. The molecule has 0 amide bonds. The summed E-state index contributed by atoms with van der Waals surface area (Å²) in [5.41, 5.74) is -0.254. The Kier molecular flexibility index (Phi) is 3.59. The summed E-state index contributed by atoms with van der Waals surface area (Å²) in [6.45, 7) is 2.04. The minimum absolute atomic E-state index is 0.0653. The Balaban J connectivity index is 2.33. The lowest BCUT2D eigenvalue weighted by Gasteiger charge is -2.27. The zero-order valence-electron chi connectivity index (χ0n) is 11.0. The van der Waals surface area contributed by atoms with Crippen molar-refractivity contribution in [1.82, 2.24) is 0 Å². The van der Waals surface area contributed by atoms with Gasteiger partial charge in [0.25, 0.3) is 0 Å². The van der Waals surface area contributed by atoms with Crippen LogP contribution in [0.5, 0.6) is 5.75 Å². The molecule has 1 N–H and O–H groups in total. The van der Waals surface area contributed by atoms with Crippen LogP contribution in [0.15, 0.2) is 12.1 Å². The van der Waals surface area contributed by atoms with Crippen molar-refractivity contribution in [2.24, 2.45) is 0 Å². The number of nitrogens with zero attached hydrogens (tertiary/aromatic N) is 1. The molecule has 1 aromatic rings. The molecule has 0 aromatic heterocycles. The normalized spacial score (nSPS) is 17.2. The van der Waals surface area contributed by atoms with E-state index >= 15 is 0 Å². The molecule has 0 heterocycles. The van der Waals surface area contributed by atoms with Gasteiger partial charge < -0.3 is 10.1 Å². The van der Waals surface area contributed by atoms with Gasteiger partial charge in [-0.25, -0.2) is 4.39 Å². The fourth-order valence-corrected chi connectivity index (χ4v) is 2.55. The van der Waals surface area contributed by atoms with Gasteiger partial charge in [-0.05, 0) is 19.8 Å². The van der Waals surface area contributed by atoms with Gasteiger partial charge in [0.05, 0.1) is 23.8 Å². The summed E-state index contributed by atoms with van der Waals surface area (Å²) in [7, 11) is 1.33. The van der Waals surface area contributed by atoms with Gasteiger partial charge in [0.1, 0.15) is 0 Å². The van der Waals surface area contributed by atoms with Gasteiger partial charge in [0.2, 0.25) is 0 Å². The number of anilines is 1. The molecule has 0 bridgehead atoms. The Bertz CT molecular complexity index is 499. The molecular formula is C13H17FN2O3. The van der Waals surface area contributed by atoms with Crippen molar-refractivity contribution in [1.29, 1.82) is 0 Å². The highest BCUT2D eigenvalue weighted by Crippen LogP contribution is 2.37. The van der Waals surface area contributed by atoms with Crippen LogP contribution in [0.2, 0.25) is 0 Å². The fourth-order valence-electron chi connectivity index (χ4n) is 2.55. The van der Waals surface area contributed by atoms with Crippen LogP contribution < -0.4 is 10.1 Å². The summed E-state index contributed by atoms with van der Waals surface area (Å²) in [5, 5.41) is 13.9. The van der Waals surface area contributed by atoms with Crippen LogP contribution in [-0.2, 0) is 0 Å². The van der Waals surface area contributed by atoms with E-state index in [-0.39, 0.29) is 22.7 Å². The van der Waals surface area contributed by atoms with Crippen LogP contribution in [0.4, 0.5) is 15.8 Å². The van der Waals surface area contributed by atoms with Gasteiger partial charge in [-0.3, -0.25) is 10.1 Å². The van der Waals surface area contributed by atoms with E-state index in [9.17, 15) is 14.5 Å². The number of nitrogens with one attached hydrogen (secondary N) is 1. The second-order valence-electron chi connectivity index (χ2n) is 5.15. The van der Waals surface area contributed by atoms with E-state index in [0.29, 0.717) is 0 Å². The molecule has 0 saturated heterocycles. The van der Waals surface area contributed by atoms with E-state index in [1.54, 1.807) is 0 Å². The first kappa shape index (κ1) is 13.6. The first-order valence-electron chi connectivity index (χ1n) is 6.25. The van der Waals surface area contributed by atoms with Crippen LogP contribution in [0, 0.1) is 15.9 Å². The van der Waals surface area contributed by atoms with Gasteiger partial charge in [0, 0.05) is 11.6 Å². The molecule has 2 rings (SSSR count). The molecule has 1 saturated carbocycles. The minimum Gasteiger partial charge on any atom is -0.490 e. The molecule has 1 aliphatic rings. The van der Waals surface area contributed by atoms with E-state index in [1.165, 1.54) is 13.2 Å². The first-order chi connectivity index (χ1) is 8.95. The van der Waals surface area contributed by atoms with Crippen LogP contribution in [0.3, 0.4) is 0 Å². The average molecular weight is 268 g/mol.